The zero-order valence-corrected chi connectivity index (χ0v) is 14.5. The molecule has 0 aliphatic carbocycles. The third-order valence-corrected chi connectivity index (χ3v) is 4.11. The Balaban J connectivity index is 2.60. The van der Waals surface area contributed by atoms with Crippen LogP contribution in [0, 0.1) is 25.2 Å². The van der Waals surface area contributed by atoms with Crippen molar-refractivity contribution in [2.75, 3.05) is 7.05 Å². The Kier molecular flexibility index (Phi) is 6.26. The van der Waals surface area contributed by atoms with Gasteiger partial charge in [-0.05, 0) is 68.2 Å². The standard InChI is InChI=1S/C19H33N/c1-14(13-19(4,5)6)10-18(20-7)12-17-9-8-15(2)16(3)11-17/h8-9,11,14,18,20H,10,12-13H2,1-7H3. The van der Waals surface area contributed by atoms with Crippen molar-refractivity contribution in [1.82, 2.24) is 5.32 Å². The molecule has 0 aliphatic heterocycles. The van der Waals surface area contributed by atoms with Gasteiger partial charge in [0.2, 0.25) is 0 Å². The molecule has 20 heavy (non-hydrogen) atoms. The van der Waals surface area contributed by atoms with Crippen LogP contribution in [0.5, 0.6) is 0 Å². The quantitative estimate of drug-likeness (QED) is 0.779. The molecule has 0 bridgehead atoms. The van der Waals surface area contributed by atoms with Crippen LogP contribution < -0.4 is 5.32 Å². The van der Waals surface area contributed by atoms with Gasteiger partial charge in [-0.2, -0.15) is 0 Å². The molecule has 0 saturated heterocycles. The summed E-state index contributed by atoms with van der Waals surface area (Å²) in [6.07, 6.45) is 3.67. The van der Waals surface area contributed by atoms with Gasteiger partial charge < -0.3 is 5.32 Å². The molecule has 2 atom stereocenters. The molecule has 1 rings (SSSR count). The van der Waals surface area contributed by atoms with Gasteiger partial charge in [-0.3, -0.25) is 0 Å². The first-order chi connectivity index (χ1) is 9.21. The van der Waals surface area contributed by atoms with E-state index < -0.39 is 0 Å². The molecule has 1 nitrogen and oxygen atoms in total. The first-order valence-electron chi connectivity index (χ1n) is 7.94. The third-order valence-electron chi connectivity index (χ3n) is 4.11. The maximum absolute atomic E-state index is 3.50. The zero-order valence-electron chi connectivity index (χ0n) is 14.5. The molecule has 0 radical (unpaired) electrons. The number of likely N-dealkylation sites (N-methyl/N-ethyl adjacent to an activating group) is 1. The van der Waals surface area contributed by atoms with Crippen molar-refractivity contribution in [3.63, 3.8) is 0 Å². The van der Waals surface area contributed by atoms with E-state index in [9.17, 15) is 0 Å². The van der Waals surface area contributed by atoms with Crippen LogP contribution in [0.25, 0.3) is 0 Å². The maximum atomic E-state index is 3.50. The van der Waals surface area contributed by atoms with E-state index >= 15 is 0 Å². The van der Waals surface area contributed by atoms with Gasteiger partial charge in [0, 0.05) is 6.04 Å². The minimum absolute atomic E-state index is 0.429. The summed E-state index contributed by atoms with van der Waals surface area (Å²) in [6.45, 7) is 13.8. The predicted molar refractivity (Wildman–Crippen MR) is 90.3 cm³/mol. The molecule has 0 fully saturated rings. The summed E-state index contributed by atoms with van der Waals surface area (Å²) in [5, 5.41) is 3.50. The lowest BCUT2D eigenvalue weighted by Crippen LogP contribution is -2.30. The summed E-state index contributed by atoms with van der Waals surface area (Å²) in [5.74, 6) is 0.763. The monoisotopic (exact) mass is 275 g/mol. The summed E-state index contributed by atoms with van der Waals surface area (Å²) in [5.41, 5.74) is 4.67. The second-order valence-corrected chi connectivity index (χ2v) is 7.71. The zero-order chi connectivity index (χ0) is 15.3. The van der Waals surface area contributed by atoms with Crippen LogP contribution in [-0.4, -0.2) is 13.1 Å². The predicted octanol–water partition coefficient (Wildman–Crippen LogP) is 4.90. The number of rotatable bonds is 6. The molecular formula is C19H33N. The van der Waals surface area contributed by atoms with E-state index in [4.69, 9.17) is 0 Å². The first-order valence-corrected chi connectivity index (χ1v) is 7.94. The first kappa shape index (κ1) is 17.2. The normalized spacial score (nSPS) is 15.2. The van der Waals surface area contributed by atoms with E-state index in [1.807, 2.05) is 0 Å². The number of hydrogen-bond acceptors (Lipinski definition) is 1. The SMILES string of the molecule is CNC(Cc1ccc(C)c(C)c1)CC(C)CC(C)(C)C. The average Bonchev–Trinajstić information content (AvgIpc) is 2.30. The maximum Gasteiger partial charge on any atom is 0.0107 e. The molecule has 2 unspecified atom stereocenters. The fourth-order valence-electron chi connectivity index (χ4n) is 3.13. The minimum Gasteiger partial charge on any atom is -0.317 e. The molecule has 0 heterocycles. The minimum atomic E-state index is 0.429. The molecule has 1 heteroatoms. The molecule has 0 aliphatic rings. The number of hydrogen-bond donors (Lipinski definition) is 1. The summed E-state index contributed by atoms with van der Waals surface area (Å²) in [4.78, 5) is 0. The van der Waals surface area contributed by atoms with Crippen LogP contribution in [0.4, 0.5) is 0 Å². The summed E-state index contributed by atoms with van der Waals surface area (Å²) < 4.78 is 0. The van der Waals surface area contributed by atoms with Gasteiger partial charge in [-0.1, -0.05) is 45.9 Å². The van der Waals surface area contributed by atoms with E-state index in [-0.39, 0.29) is 0 Å². The molecule has 114 valence electrons. The van der Waals surface area contributed by atoms with E-state index in [0.717, 1.165) is 12.3 Å². The van der Waals surface area contributed by atoms with Crippen LogP contribution in [0.3, 0.4) is 0 Å². The van der Waals surface area contributed by atoms with E-state index in [1.165, 1.54) is 29.5 Å². The molecule has 1 aromatic rings. The topological polar surface area (TPSA) is 12.0 Å². The summed E-state index contributed by atoms with van der Waals surface area (Å²) in [7, 11) is 2.09. The average molecular weight is 275 g/mol. The van der Waals surface area contributed by atoms with Gasteiger partial charge in [0.1, 0.15) is 0 Å². The van der Waals surface area contributed by atoms with Gasteiger partial charge in [0.05, 0.1) is 0 Å². The van der Waals surface area contributed by atoms with E-state index in [1.54, 1.807) is 0 Å². The molecule has 0 spiro atoms. The second-order valence-electron chi connectivity index (χ2n) is 7.71. The Morgan fingerprint density at radius 1 is 1.10 bits per heavy atom. The Labute approximate surface area is 126 Å². The lowest BCUT2D eigenvalue weighted by molar-refractivity contribution is 0.277. The summed E-state index contributed by atoms with van der Waals surface area (Å²) >= 11 is 0. The van der Waals surface area contributed by atoms with Crippen molar-refractivity contribution >= 4 is 0 Å². The van der Waals surface area contributed by atoms with Crippen molar-refractivity contribution in [1.29, 1.82) is 0 Å². The van der Waals surface area contributed by atoms with Crippen molar-refractivity contribution in [3.8, 4) is 0 Å². The number of nitrogens with one attached hydrogen (secondary N) is 1. The number of aryl methyl sites for hydroxylation is 2. The molecular weight excluding hydrogens is 242 g/mol. The van der Waals surface area contributed by atoms with E-state index in [2.05, 4.69) is 72.1 Å². The molecule has 0 aromatic heterocycles. The van der Waals surface area contributed by atoms with Gasteiger partial charge in [-0.25, -0.2) is 0 Å². The van der Waals surface area contributed by atoms with Gasteiger partial charge in [-0.15, -0.1) is 0 Å². The van der Waals surface area contributed by atoms with Crippen LogP contribution in [0.1, 0.15) is 57.2 Å². The van der Waals surface area contributed by atoms with E-state index in [0.29, 0.717) is 11.5 Å². The highest BCUT2D eigenvalue weighted by Gasteiger charge is 2.18. The second kappa shape index (κ2) is 7.26. The Bertz CT molecular complexity index is 414. The van der Waals surface area contributed by atoms with Gasteiger partial charge in [0.25, 0.3) is 0 Å². The van der Waals surface area contributed by atoms with Crippen LogP contribution in [0.15, 0.2) is 18.2 Å². The van der Waals surface area contributed by atoms with Crippen LogP contribution in [0.2, 0.25) is 0 Å². The molecule has 1 N–H and O–H groups in total. The highest BCUT2D eigenvalue weighted by molar-refractivity contribution is 5.30. The highest BCUT2D eigenvalue weighted by Crippen LogP contribution is 2.27. The molecule has 0 amide bonds. The Hall–Kier alpha value is -0.820. The fraction of sp³-hybridized carbons (Fsp3) is 0.684. The smallest absolute Gasteiger partial charge is 0.0107 e. The van der Waals surface area contributed by atoms with Crippen molar-refractivity contribution < 1.29 is 0 Å². The third kappa shape index (κ3) is 6.09. The van der Waals surface area contributed by atoms with Crippen molar-refractivity contribution in [3.05, 3.63) is 34.9 Å². The lowest BCUT2D eigenvalue weighted by Gasteiger charge is -2.26. The summed E-state index contributed by atoms with van der Waals surface area (Å²) in [6, 6.07) is 7.44. The van der Waals surface area contributed by atoms with Gasteiger partial charge in [0.15, 0.2) is 0 Å². The van der Waals surface area contributed by atoms with Crippen LogP contribution in [-0.2, 0) is 6.42 Å². The van der Waals surface area contributed by atoms with Crippen molar-refractivity contribution in [2.24, 2.45) is 11.3 Å². The fourth-order valence-corrected chi connectivity index (χ4v) is 3.13. The Morgan fingerprint density at radius 2 is 1.75 bits per heavy atom. The lowest BCUT2D eigenvalue weighted by atomic mass is 9.82. The van der Waals surface area contributed by atoms with Crippen LogP contribution >= 0.6 is 0 Å². The van der Waals surface area contributed by atoms with Gasteiger partial charge >= 0.3 is 0 Å². The molecule has 0 saturated carbocycles. The molecule has 1 aromatic carbocycles. The van der Waals surface area contributed by atoms with Crippen molar-refractivity contribution in [2.45, 2.75) is 66.8 Å². The highest BCUT2D eigenvalue weighted by atomic mass is 14.9. The number of benzene rings is 1. The largest absolute Gasteiger partial charge is 0.317 e. The Morgan fingerprint density at radius 3 is 2.25 bits per heavy atom.